The highest BCUT2D eigenvalue weighted by molar-refractivity contribution is 5.87. The van der Waals surface area contributed by atoms with Crippen LogP contribution in [0.5, 0.6) is 0 Å². The van der Waals surface area contributed by atoms with Gasteiger partial charge in [0.15, 0.2) is 5.84 Å². The Balaban J connectivity index is 2.57. The summed E-state index contributed by atoms with van der Waals surface area (Å²) in [5.74, 6) is 1.03. The van der Waals surface area contributed by atoms with Crippen LogP contribution < -0.4 is 5.73 Å². The Bertz CT molecular complexity index is 353. The Morgan fingerprint density at radius 1 is 1.30 bits per heavy atom. The lowest BCUT2D eigenvalue weighted by atomic mass is 9.69. The van der Waals surface area contributed by atoms with Gasteiger partial charge in [0.1, 0.15) is 0 Å². The molecule has 116 valence electrons. The monoisotopic (exact) mass is 283 g/mol. The predicted octanol–water partition coefficient (Wildman–Crippen LogP) is 2.43. The molecule has 1 aliphatic rings. The summed E-state index contributed by atoms with van der Waals surface area (Å²) >= 11 is 0. The minimum Gasteiger partial charge on any atom is -0.409 e. The highest BCUT2D eigenvalue weighted by Crippen LogP contribution is 2.40. The minimum absolute atomic E-state index is 0.0866. The van der Waals surface area contributed by atoms with Crippen molar-refractivity contribution in [2.45, 2.75) is 53.4 Å². The fraction of sp³-hybridized carbons (Fsp3) is 0.867. The smallest absolute Gasteiger partial charge is 0.226 e. The van der Waals surface area contributed by atoms with Gasteiger partial charge in [0.05, 0.1) is 6.54 Å². The van der Waals surface area contributed by atoms with E-state index in [1.807, 2.05) is 6.92 Å². The van der Waals surface area contributed by atoms with Crippen LogP contribution in [0.2, 0.25) is 0 Å². The van der Waals surface area contributed by atoms with Crippen LogP contribution in [0.1, 0.15) is 53.4 Å². The number of amidine groups is 1. The van der Waals surface area contributed by atoms with E-state index in [0.29, 0.717) is 17.9 Å². The largest absolute Gasteiger partial charge is 0.409 e. The van der Waals surface area contributed by atoms with Crippen molar-refractivity contribution in [1.29, 1.82) is 0 Å². The first-order chi connectivity index (χ1) is 9.29. The molecule has 5 heteroatoms. The zero-order valence-electron chi connectivity index (χ0n) is 13.2. The van der Waals surface area contributed by atoms with Crippen molar-refractivity contribution in [3.8, 4) is 0 Å². The number of carbonyl (C=O) groups is 1. The summed E-state index contributed by atoms with van der Waals surface area (Å²) in [7, 11) is 0. The maximum atomic E-state index is 12.5. The third kappa shape index (κ3) is 4.39. The summed E-state index contributed by atoms with van der Waals surface area (Å²) in [6.07, 6.45) is 4.13. The van der Waals surface area contributed by atoms with Gasteiger partial charge in [-0.25, -0.2) is 0 Å². The van der Waals surface area contributed by atoms with E-state index in [9.17, 15) is 4.79 Å². The lowest BCUT2D eigenvalue weighted by Gasteiger charge is -2.37. The van der Waals surface area contributed by atoms with E-state index < -0.39 is 0 Å². The molecule has 1 amide bonds. The van der Waals surface area contributed by atoms with Crippen molar-refractivity contribution >= 4 is 11.7 Å². The lowest BCUT2D eigenvalue weighted by molar-refractivity contribution is -0.136. The van der Waals surface area contributed by atoms with Crippen molar-refractivity contribution in [3.05, 3.63) is 0 Å². The molecule has 0 atom stereocenters. The summed E-state index contributed by atoms with van der Waals surface area (Å²) in [4.78, 5) is 14.1. The van der Waals surface area contributed by atoms with Gasteiger partial charge in [-0.05, 0) is 43.9 Å². The maximum Gasteiger partial charge on any atom is 0.226 e. The van der Waals surface area contributed by atoms with Gasteiger partial charge in [-0.15, -0.1) is 0 Å². The molecule has 0 bridgehead atoms. The SMILES string of the molecule is CCN(CC(N)=NO)C(=O)C1CCC(C(C)(C)C)CC1. The van der Waals surface area contributed by atoms with E-state index in [0.717, 1.165) is 25.7 Å². The van der Waals surface area contributed by atoms with E-state index in [1.54, 1.807) is 4.90 Å². The number of hydrogen-bond acceptors (Lipinski definition) is 3. The number of rotatable bonds is 4. The number of oxime groups is 1. The van der Waals surface area contributed by atoms with Crippen molar-refractivity contribution in [2.24, 2.45) is 28.1 Å². The molecule has 0 heterocycles. The molecular weight excluding hydrogens is 254 g/mol. The molecular formula is C15H29N3O2. The second-order valence-corrected chi connectivity index (χ2v) is 6.86. The van der Waals surface area contributed by atoms with Crippen LogP contribution in [-0.4, -0.2) is 34.9 Å². The lowest BCUT2D eigenvalue weighted by Crippen LogP contribution is -2.43. The standard InChI is InChI=1S/C15H29N3O2/c1-5-18(10-13(16)17-20)14(19)11-6-8-12(9-7-11)15(2,3)4/h11-12,20H,5-10H2,1-4H3,(H2,16,17). The van der Waals surface area contributed by atoms with Crippen LogP contribution in [0.4, 0.5) is 0 Å². The van der Waals surface area contributed by atoms with Crippen LogP contribution in [0.3, 0.4) is 0 Å². The van der Waals surface area contributed by atoms with Gasteiger partial charge in [-0.1, -0.05) is 25.9 Å². The first-order valence-electron chi connectivity index (χ1n) is 7.54. The molecule has 20 heavy (non-hydrogen) atoms. The van der Waals surface area contributed by atoms with Crippen molar-refractivity contribution in [1.82, 2.24) is 4.90 Å². The van der Waals surface area contributed by atoms with Crippen LogP contribution >= 0.6 is 0 Å². The van der Waals surface area contributed by atoms with Crippen molar-refractivity contribution in [3.63, 3.8) is 0 Å². The van der Waals surface area contributed by atoms with Gasteiger partial charge in [-0.3, -0.25) is 4.79 Å². The molecule has 0 aromatic carbocycles. The van der Waals surface area contributed by atoms with E-state index in [2.05, 4.69) is 25.9 Å². The van der Waals surface area contributed by atoms with Gasteiger partial charge >= 0.3 is 0 Å². The Morgan fingerprint density at radius 2 is 1.85 bits per heavy atom. The Labute approximate surface area is 122 Å². The molecule has 0 aliphatic heterocycles. The van der Waals surface area contributed by atoms with Gasteiger partial charge in [0.2, 0.25) is 5.91 Å². The summed E-state index contributed by atoms with van der Waals surface area (Å²) in [6, 6.07) is 0. The molecule has 1 fully saturated rings. The van der Waals surface area contributed by atoms with E-state index >= 15 is 0 Å². The average Bonchev–Trinajstić information content (AvgIpc) is 2.42. The zero-order valence-corrected chi connectivity index (χ0v) is 13.2. The van der Waals surface area contributed by atoms with E-state index in [1.165, 1.54) is 0 Å². The second kappa shape index (κ2) is 6.95. The molecule has 0 unspecified atom stereocenters. The average molecular weight is 283 g/mol. The molecule has 3 N–H and O–H groups in total. The first kappa shape index (κ1) is 16.8. The molecule has 1 saturated carbocycles. The van der Waals surface area contributed by atoms with Crippen LogP contribution in [0.15, 0.2) is 5.16 Å². The molecule has 0 radical (unpaired) electrons. The van der Waals surface area contributed by atoms with Gasteiger partial charge in [0.25, 0.3) is 0 Å². The summed E-state index contributed by atoms with van der Waals surface area (Å²) < 4.78 is 0. The van der Waals surface area contributed by atoms with E-state index in [4.69, 9.17) is 10.9 Å². The summed E-state index contributed by atoms with van der Waals surface area (Å²) in [5.41, 5.74) is 5.83. The molecule has 0 aromatic rings. The van der Waals surface area contributed by atoms with Crippen molar-refractivity contribution < 1.29 is 10.0 Å². The third-order valence-electron chi connectivity index (χ3n) is 4.48. The number of nitrogens with zero attached hydrogens (tertiary/aromatic N) is 2. The minimum atomic E-state index is 0.0866. The molecule has 0 aromatic heterocycles. The number of amides is 1. The normalized spacial score (nSPS) is 24.5. The fourth-order valence-corrected chi connectivity index (χ4v) is 3.04. The fourth-order valence-electron chi connectivity index (χ4n) is 3.04. The second-order valence-electron chi connectivity index (χ2n) is 6.86. The molecule has 0 spiro atoms. The Kier molecular flexibility index (Phi) is 5.84. The number of nitrogens with two attached hydrogens (primary N) is 1. The number of carbonyl (C=O) groups excluding carboxylic acids is 1. The summed E-state index contributed by atoms with van der Waals surface area (Å²) in [6.45, 7) is 9.55. The number of hydrogen-bond donors (Lipinski definition) is 2. The van der Waals surface area contributed by atoms with Crippen LogP contribution in [0.25, 0.3) is 0 Å². The first-order valence-corrected chi connectivity index (χ1v) is 7.54. The number of likely N-dealkylation sites (N-methyl/N-ethyl adjacent to an activating group) is 1. The highest BCUT2D eigenvalue weighted by Gasteiger charge is 2.33. The molecule has 0 saturated heterocycles. The van der Waals surface area contributed by atoms with Gasteiger partial charge in [0, 0.05) is 12.5 Å². The molecule has 1 rings (SSSR count). The Hall–Kier alpha value is -1.26. The Morgan fingerprint density at radius 3 is 2.25 bits per heavy atom. The van der Waals surface area contributed by atoms with Gasteiger partial charge < -0.3 is 15.8 Å². The molecule has 1 aliphatic carbocycles. The van der Waals surface area contributed by atoms with Crippen LogP contribution in [0, 0.1) is 17.3 Å². The topological polar surface area (TPSA) is 78.9 Å². The van der Waals surface area contributed by atoms with E-state index in [-0.39, 0.29) is 24.2 Å². The maximum absolute atomic E-state index is 12.5. The highest BCUT2D eigenvalue weighted by atomic mass is 16.4. The third-order valence-corrected chi connectivity index (χ3v) is 4.48. The van der Waals surface area contributed by atoms with Crippen molar-refractivity contribution in [2.75, 3.05) is 13.1 Å². The zero-order chi connectivity index (χ0) is 15.3. The molecule has 5 nitrogen and oxygen atoms in total. The quantitative estimate of drug-likeness (QED) is 0.360. The predicted molar refractivity (Wildman–Crippen MR) is 80.6 cm³/mol. The van der Waals surface area contributed by atoms with Crippen LogP contribution in [-0.2, 0) is 4.79 Å². The van der Waals surface area contributed by atoms with Gasteiger partial charge in [-0.2, -0.15) is 0 Å². The summed E-state index contributed by atoms with van der Waals surface area (Å²) in [5, 5.41) is 11.6.